The van der Waals surface area contributed by atoms with Crippen molar-refractivity contribution in [1.29, 1.82) is 0 Å². The minimum absolute atomic E-state index is 0.0858. The van der Waals surface area contributed by atoms with Gasteiger partial charge in [0.1, 0.15) is 5.75 Å². The zero-order chi connectivity index (χ0) is 13.4. The molecule has 18 heavy (non-hydrogen) atoms. The number of anilines is 2. The molecule has 1 aromatic rings. The summed E-state index contributed by atoms with van der Waals surface area (Å²) in [6.07, 6.45) is 0.399. The van der Waals surface area contributed by atoms with Crippen LogP contribution in [0.4, 0.5) is 11.4 Å². The second kappa shape index (κ2) is 7.84. The van der Waals surface area contributed by atoms with E-state index in [1.54, 1.807) is 37.1 Å². The van der Waals surface area contributed by atoms with E-state index < -0.39 is 0 Å². The Labute approximate surface area is 111 Å². The van der Waals surface area contributed by atoms with E-state index in [0.29, 0.717) is 35.1 Å². The smallest absolute Gasteiger partial charge is 0.225 e. The van der Waals surface area contributed by atoms with Crippen molar-refractivity contribution >= 4 is 29.0 Å². The summed E-state index contributed by atoms with van der Waals surface area (Å²) < 4.78 is 5.03. The molecule has 0 unspecified atom stereocenters. The van der Waals surface area contributed by atoms with E-state index in [0.717, 1.165) is 0 Å². The molecule has 0 aliphatic heterocycles. The SMILES string of the molecule is COc1ccc(NC(=O)CCSCCO)c(N)c1. The predicted octanol–water partition coefficient (Wildman–Crippen LogP) is 1.33. The monoisotopic (exact) mass is 270 g/mol. The first-order chi connectivity index (χ1) is 8.67. The second-order valence-electron chi connectivity index (χ2n) is 3.59. The number of nitrogens with two attached hydrogens (primary N) is 1. The molecule has 0 saturated heterocycles. The summed E-state index contributed by atoms with van der Waals surface area (Å²) in [7, 11) is 1.56. The summed E-state index contributed by atoms with van der Waals surface area (Å²) in [6.45, 7) is 0.137. The molecule has 4 N–H and O–H groups in total. The van der Waals surface area contributed by atoms with Gasteiger partial charge in [-0.15, -0.1) is 0 Å². The van der Waals surface area contributed by atoms with Crippen LogP contribution in [0.2, 0.25) is 0 Å². The maximum atomic E-state index is 11.6. The summed E-state index contributed by atoms with van der Waals surface area (Å²) in [5.74, 6) is 1.90. The molecule has 1 rings (SSSR count). The number of methoxy groups -OCH3 is 1. The van der Waals surface area contributed by atoms with Crippen LogP contribution in [0.3, 0.4) is 0 Å². The summed E-state index contributed by atoms with van der Waals surface area (Å²) in [5, 5.41) is 11.3. The van der Waals surface area contributed by atoms with Gasteiger partial charge in [-0.25, -0.2) is 0 Å². The highest BCUT2D eigenvalue weighted by Gasteiger charge is 2.06. The molecular formula is C12H18N2O3S. The van der Waals surface area contributed by atoms with Crippen molar-refractivity contribution in [3.05, 3.63) is 18.2 Å². The molecule has 6 heteroatoms. The van der Waals surface area contributed by atoms with Crippen molar-refractivity contribution in [3.8, 4) is 5.75 Å². The van der Waals surface area contributed by atoms with Crippen LogP contribution in [0, 0.1) is 0 Å². The highest BCUT2D eigenvalue weighted by Crippen LogP contribution is 2.24. The number of rotatable bonds is 7. The van der Waals surface area contributed by atoms with Crippen molar-refractivity contribution in [3.63, 3.8) is 0 Å². The maximum absolute atomic E-state index is 11.6. The van der Waals surface area contributed by atoms with Crippen LogP contribution in [0.5, 0.6) is 5.75 Å². The molecule has 1 amide bonds. The number of hydrogen-bond donors (Lipinski definition) is 3. The van der Waals surface area contributed by atoms with Gasteiger partial charge in [0.15, 0.2) is 0 Å². The van der Waals surface area contributed by atoms with Gasteiger partial charge in [0.25, 0.3) is 0 Å². The third-order valence-corrected chi connectivity index (χ3v) is 3.21. The van der Waals surface area contributed by atoms with Gasteiger partial charge in [-0.2, -0.15) is 11.8 Å². The van der Waals surface area contributed by atoms with Gasteiger partial charge in [0.2, 0.25) is 5.91 Å². The molecule has 0 fully saturated rings. The number of aliphatic hydroxyl groups is 1. The lowest BCUT2D eigenvalue weighted by Gasteiger charge is -2.09. The number of thioether (sulfide) groups is 1. The number of nitrogens with one attached hydrogen (secondary N) is 1. The number of nitrogen functional groups attached to an aromatic ring is 1. The average Bonchev–Trinajstić information content (AvgIpc) is 2.37. The van der Waals surface area contributed by atoms with Gasteiger partial charge < -0.3 is 20.9 Å². The molecule has 0 bridgehead atoms. The van der Waals surface area contributed by atoms with E-state index in [-0.39, 0.29) is 12.5 Å². The highest BCUT2D eigenvalue weighted by molar-refractivity contribution is 7.99. The van der Waals surface area contributed by atoms with Crippen molar-refractivity contribution in [1.82, 2.24) is 0 Å². The lowest BCUT2D eigenvalue weighted by Crippen LogP contribution is -2.13. The van der Waals surface area contributed by atoms with E-state index in [1.165, 1.54) is 0 Å². The van der Waals surface area contributed by atoms with Crippen LogP contribution < -0.4 is 15.8 Å². The molecule has 0 aliphatic carbocycles. The van der Waals surface area contributed by atoms with Crippen LogP contribution in [-0.2, 0) is 4.79 Å². The molecule has 0 aromatic heterocycles. The molecule has 0 heterocycles. The molecular weight excluding hydrogens is 252 g/mol. The zero-order valence-electron chi connectivity index (χ0n) is 10.3. The molecule has 0 aliphatic rings. The molecule has 100 valence electrons. The van der Waals surface area contributed by atoms with Gasteiger partial charge in [-0.05, 0) is 12.1 Å². The van der Waals surface area contributed by atoms with Crippen molar-refractivity contribution in [2.75, 3.05) is 36.3 Å². The minimum atomic E-state index is -0.0858. The Kier molecular flexibility index (Phi) is 6.38. The fourth-order valence-corrected chi connectivity index (χ4v) is 1.99. The Morgan fingerprint density at radius 2 is 2.28 bits per heavy atom. The molecule has 0 spiro atoms. The Balaban J connectivity index is 2.44. The normalized spacial score (nSPS) is 10.1. The maximum Gasteiger partial charge on any atom is 0.225 e. The quantitative estimate of drug-likeness (QED) is 0.514. The van der Waals surface area contributed by atoms with E-state index >= 15 is 0 Å². The van der Waals surface area contributed by atoms with Crippen LogP contribution in [0.25, 0.3) is 0 Å². The molecule has 0 radical (unpaired) electrons. The Hall–Kier alpha value is -1.40. The molecule has 0 atom stereocenters. The zero-order valence-corrected chi connectivity index (χ0v) is 11.1. The van der Waals surface area contributed by atoms with E-state index in [2.05, 4.69) is 5.32 Å². The Morgan fingerprint density at radius 1 is 1.50 bits per heavy atom. The Bertz CT molecular complexity index is 399. The lowest BCUT2D eigenvalue weighted by atomic mass is 10.2. The van der Waals surface area contributed by atoms with Crippen LogP contribution >= 0.6 is 11.8 Å². The minimum Gasteiger partial charge on any atom is -0.497 e. The first kappa shape index (κ1) is 14.7. The number of amides is 1. The third kappa shape index (κ3) is 4.85. The first-order valence-electron chi connectivity index (χ1n) is 5.59. The van der Waals surface area contributed by atoms with Gasteiger partial charge in [0, 0.05) is 24.0 Å². The molecule has 0 saturated carbocycles. The van der Waals surface area contributed by atoms with Gasteiger partial charge in [-0.3, -0.25) is 4.79 Å². The number of carbonyl (C=O) groups is 1. The summed E-state index contributed by atoms with van der Waals surface area (Å²) in [6, 6.07) is 5.12. The van der Waals surface area contributed by atoms with E-state index in [1.807, 2.05) is 0 Å². The van der Waals surface area contributed by atoms with Crippen molar-refractivity contribution in [2.24, 2.45) is 0 Å². The average molecular weight is 270 g/mol. The van der Waals surface area contributed by atoms with Gasteiger partial charge in [0.05, 0.1) is 25.1 Å². The van der Waals surface area contributed by atoms with Crippen LogP contribution in [0.15, 0.2) is 18.2 Å². The van der Waals surface area contributed by atoms with Crippen LogP contribution in [-0.4, -0.2) is 36.2 Å². The number of hydrogen-bond acceptors (Lipinski definition) is 5. The van der Waals surface area contributed by atoms with Gasteiger partial charge in [-0.1, -0.05) is 0 Å². The fraction of sp³-hybridized carbons (Fsp3) is 0.417. The summed E-state index contributed by atoms with van der Waals surface area (Å²) >= 11 is 1.54. The number of carbonyl (C=O) groups excluding carboxylic acids is 1. The number of ether oxygens (including phenoxy) is 1. The molecule has 1 aromatic carbocycles. The standard InChI is InChI=1S/C12H18N2O3S/c1-17-9-2-3-11(10(13)8-9)14-12(16)4-6-18-7-5-15/h2-3,8,15H,4-7,13H2,1H3,(H,14,16). The highest BCUT2D eigenvalue weighted by atomic mass is 32.2. The van der Waals surface area contributed by atoms with Crippen LogP contribution in [0.1, 0.15) is 6.42 Å². The fourth-order valence-electron chi connectivity index (χ4n) is 1.33. The second-order valence-corrected chi connectivity index (χ2v) is 4.81. The van der Waals surface area contributed by atoms with Crippen molar-refractivity contribution < 1.29 is 14.6 Å². The summed E-state index contributed by atoms with van der Waals surface area (Å²) in [5.41, 5.74) is 6.86. The Morgan fingerprint density at radius 3 is 2.89 bits per heavy atom. The predicted molar refractivity (Wildman–Crippen MR) is 75.1 cm³/mol. The third-order valence-electron chi connectivity index (χ3n) is 2.24. The number of aliphatic hydroxyl groups excluding tert-OH is 1. The van der Waals surface area contributed by atoms with E-state index in [4.69, 9.17) is 15.6 Å². The van der Waals surface area contributed by atoms with E-state index in [9.17, 15) is 4.79 Å². The topological polar surface area (TPSA) is 84.6 Å². The number of benzene rings is 1. The largest absolute Gasteiger partial charge is 0.497 e. The van der Waals surface area contributed by atoms with Gasteiger partial charge >= 0.3 is 0 Å². The first-order valence-corrected chi connectivity index (χ1v) is 6.75. The lowest BCUT2D eigenvalue weighted by molar-refractivity contribution is -0.115. The molecule has 5 nitrogen and oxygen atoms in total. The van der Waals surface area contributed by atoms with Crippen molar-refractivity contribution in [2.45, 2.75) is 6.42 Å². The summed E-state index contributed by atoms with van der Waals surface area (Å²) in [4.78, 5) is 11.6.